The number of sulfone groups is 1. The third kappa shape index (κ3) is 5.15. The fraction of sp³-hybridized carbons (Fsp3) is 0.455. The minimum absolute atomic E-state index is 0.00922. The number of likely N-dealkylation sites (tertiary alicyclic amines) is 1. The Hall–Kier alpha value is -2.41. The minimum Gasteiger partial charge on any atom is -0.336 e. The number of nitrogens with zero attached hydrogens (tertiary/aromatic N) is 2. The quantitative estimate of drug-likeness (QED) is 0.776. The summed E-state index contributed by atoms with van der Waals surface area (Å²) in [6, 6.07) is 10.3. The molecule has 0 radical (unpaired) electrons. The third-order valence-corrected chi connectivity index (χ3v) is 7.51. The van der Waals surface area contributed by atoms with E-state index in [0.717, 1.165) is 24.8 Å². The highest BCUT2D eigenvalue weighted by molar-refractivity contribution is 7.91. The predicted molar refractivity (Wildman–Crippen MR) is 114 cm³/mol. The molecule has 0 bridgehead atoms. The van der Waals surface area contributed by atoms with Crippen LogP contribution in [-0.2, 0) is 9.84 Å². The summed E-state index contributed by atoms with van der Waals surface area (Å²) in [5, 5.41) is 1.94. The van der Waals surface area contributed by atoms with Gasteiger partial charge in [-0.15, -0.1) is 0 Å². The monoisotopic (exact) mass is 415 g/mol. The van der Waals surface area contributed by atoms with E-state index in [1.54, 1.807) is 41.6 Å². The molecular weight excluding hydrogens is 386 g/mol. The standard InChI is InChI=1S/C22H29N3O3S/c1-17(2)18-8-10-20(11-9-18)29(27,28)21(19-7-6-12-23-15-19)16-24-22(26)25-13-4-3-5-14-25/h6-12,15,17,21H,3-5,13-14,16H2,1-2H3,(H,24,26). The number of urea groups is 1. The van der Waals surface area contributed by atoms with Crippen molar-refractivity contribution in [1.29, 1.82) is 0 Å². The average Bonchev–Trinajstić information content (AvgIpc) is 2.75. The van der Waals surface area contributed by atoms with E-state index in [2.05, 4.69) is 24.1 Å². The number of benzene rings is 1. The van der Waals surface area contributed by atoms with E-state index in [4.69, 9.17) is 0 Å². The van der Waals surface area contributed by atoms with E-state index in [1.165, 1.54) is 0 Å². The summed E-state index contributed by atoms with van der Waals surface area (Å²) in [6.07, 6.45) is 6.26. The molecule has 1 N–H and O–H groups in total. The lowest BCUT2D eigenvalue weighted by Crippen LogP contribution is -2.44. The number of amides is 2. The zero-order valence-corrected chi connectivity index (χ0v) is 17.9. The van der Waals surface area contributed by atoms with E-state index in [9.17, 15) is 13.2 Å². The highest BCUT2D eigenvalue weighted by Gasteiger charge is 2.30. The molecule has 1 unspecified atom stereocenters. The molecular formula is C22H29N3O3S. The second-order valence-corrected chi connectivity index (χ2v) is 9.91. The first kappa shape index (κ1) is 21.3. The number of carbonyl (C=O) groups is 1. The van der Waals surface area contributed by atoms with Crippen molar-refractivity contribution < 1.29 is 13.2 Å². The number of carbonyl (C=O) groups excluding carboxylic acids is 1. The molecule has 0 spiro atoms. The topological polar surface area (TPSA) is 79.4 Å². The molecule has 7 heteroatoms. The summed E-state index contributed by atoms with van der Waals surface area (Å²) in [5.74, 6) is 0.324. The average molecular weight is 416 g/mol. The summed E-state index contributed by atoms with van der Waals surface area (Å²) in [6.45, 7) is 5.57. The van der Waals surface area contributed by atoms with Crippen LogP contribution >= 0.6 is 0 Å². The molecule has 2 aromatic rings. The molecule has 0 aliphatic carbocycles. The van der Waals surface area contributed by atoms with Crippen LogP contribution in [-0.4, -0.2) is 44.0 Å². The van der Waals surface area contributed by atoms with Crippen LogP contribution in [0.1, 0.15) is 55.4 Å². The number of aromatic nitrogens is 1. The van der Waals surface area contributed by atoms with Crippen LogP contribution in [0.5, 0.6) is 0 Å². The van der Waals surface area contributed by atoms with Crippen molar-refractivity contribution in [3.63, 3.8) is 0 Å². The Morgan fingerprint density at radius 2 is 1.76 bits per heavy atom. The molecule has 1 aromatic carbocycles. The van der Waals surface area contributed by atoms with Gasteiger partial charge in [0.1, 0.15) is 5.25 Å². The number of pyridine rings is 1. The summed E-state index contributed by atoms with van der Waals surface area (Å²) >= 11 is 0. The maximum absolute atomic E-state index is 13.4. The lowest BCUT2D eigenvalue weighted by atomic mass is 10.0. The molecule has 1 atom stereocenters. The Balaban J connectivity index is 1.83. The van der Waals surface area contributed by atoms with Crippen molar-refractivity contribution in [2.75, 3.05) is 19.6 Å². The molecule has 1 aromatic heterocycles. The second-order valence-electron chi connectivity index (χ2n) is 7.78. The third-order valence-electron chi connectivity index (χ3n) is 5.39. The van der Waals surface area contributed by atoms with Gasteiger partial charge in [-0.1, -0.05) is 32.0 Å². The summed E-state index contributed by atoms with van der Waals surface area (Å²) in [7, 11) is -3.70. The van der Waals surface area contributed by atoms with E-state index in [1.807, 2.05) is 12.1 Å². The fourth-order valence-electron chi connectivity index (χ4n) is 3.57. The normalized spacial score (nSPS) is 15.9. The summed E-state index contributed by atoms with van der Waals surface area (Å²) < 4.78 is 26.8. The van der Waals surface area contributed by atoms with Crippen LogP contribution in [0.3, 0.4) is 0 Å². The van der Waals surface area contributed by atoms with Crippen LogP contribution in [0.4, 0.5) is 4.79 Å². The van der Waals surface area contributed by atoms with E-state index in [0.29, 0.717) is 24.6 Å². The van der Waals surface area contributed by atoms with Crippen molar-refractivity contribution in [3.05, 3.63) is 59.9 Å². The molecule has 2 heterocycles. The van der Waals surface area contributed by atoms with Gasteiger partial charge in [-0.2, -0.15) is 0 Å². The Labute approximate surface area is 173 Å². The van der Waals surface area contributed by atoms with Crippen LogP contribution in [0, 0.1) is 0 Å². The predicted octanol–water partition coefficient (Wildman–Crippen LogP) is 3.92. The van der Waals surface area contributed by atoms with E-state index < -0.39 is 15.1 Å². The van der Waals surface area contributed by atoms with E-state index in [-0.39, 0.29) is 17.5 Å². The van der Waals surface area contributed by atoms with Gasteiger partial charge in [0.05, 0.1) is 4.90 Å². The molecule has 1 aliphatic rings. The lowest BCUT2D eigenvalue weighted by molar-refractivity contribution is 0.186. The van der Waals surface area contributed by atoms with Gasteiger partial charge < -0.3 is 10.2 Å². The number of hydrogen-bond acceptors (Lipinski definition) is 4. The Morgan fingerprint density at radius 1 is 1.07 bits per heavy atom. The highest BCUT2D eigenvalue weighted by Crippen LogP contribution is 2.29. The second kappa shape index (κ2) is 9.39. The van der Waals surface area contributed by atoms with E-state index >= 15 is 0 Å². The van der Waals surface area contributed by atoms with Gasteiger partial charge in [0.25, 0.3) is 0 Å². The Bertz CT molecular complexity index is 906. The van der Waals surface area contributed by atoms with Gasteiger partial charge in [-0.25, -0.2) is 13.2 Å². The van der Waals surface area contributed by atoms with Crippen molar-refractivity contribution >= 4 is 15.9 Å². The molecule has 6 nitrogen and oxygen atoms in total. The van der Waals surface area contributed by atoms with Crippen molar-refractivity contribution in [1.82, 2.24) is 15.2 Å². The first-order valence-corrected chi connectivity index (χ1v) is 11.7. The van der Waals surface area contributed by atoms with Gasteiger partial charge in [0, 0.05) is 32.0 Å². The van der Waals surface area contributed by atoms with Gasteiger partial charge in [-0.3, -0.25) is 4.98 Å². The molecule has 156 valence electrons. The highest BCUT2D eigenvalue weighted by atomic mass is 32.2. The largest absolute Gasteiger partial charge is 0.336 e. The molecule has 1 saturated heterocycles. The van der Waals surface area contributed by atoms with Gasteiger partial charge in [0.15, 0.2) is 9.84 Å². The Morgan fingerprint density at radius 3 is 2.34 bits per heavy atom. The van der Waals surface area contributed by atoms with Crippen molar-refractivity contribution in [2.45, 2.75) is 49.2 Å². The maximum atomic E-state index is 13.4. The number of rotatable bonds is 6. The van der Waals surface area contributed by atoms with Gasteiger partial charge in [-0.05, 0) is 54.5 Å². The van der Waals surface area contributed by atoms with Crippen molar-refractivity contribution in [2.24, 2.45) is 0 Å². The van der Waals surface area contributed by atoms with Gasteiger partial charge in [0.2, 0.25) is 0 Å². The molecule has 1 aliphatic heterocycles. The van der Waals surface area contributed by atoms with Crippen LogP contribution < -0.4 is 5.32 Å². The number of piperidine rings is 1. The minimum atomic E-state index is -3.70. The SMILES string of the molecule is CC(C)c1ccc(S(=O)(=O)C(CNC(=O)N2CCCCC2)c2cccnc2)cc1. The van der Waals surface area contributed by atoms with Crippen LogP contribution in [0.15, 0.2) is 53.7 Å². The maximum Gasteiger partial charge on any atom is 0.317 e. The first-order valence-electron chi connectivity index (χ1n) is 10.2. The molecule has 3 rings (SSSR count). The first-order chi connectivity index (χ1) is 13.9. The van der Waals surface area contributed by atoms with Crippen LogP contribution in [0.2, 0.25) is 0 Å². The zero-order valence-electron chi connectivity index (χ0n) is 17.0. The number of hydrogen-bond donors (Lipinski definition) is 1. The fourth-order valence-corrected chi connectivity index (χ4v) is 5.21. The Kier molecular flexibility index (Phi) is 6.90. The van der Waals surface area contributed by atoms with Crippen LogP contribution in [0.25, 0.3) is 0 Å². The smallest absolute Gasteiger partial charge is 0.317 e. The summed E-state index contributed by atoms with van der Waals surface area (Å²) in [5.41, 5.74) is 1.65. The zero-order chi connectivity index (χ0) is 20.9. The molecule has 1 fully saturated rings. The van der Waals surface area contributed by atoms with Gasteiger partial charge >= 0.3 is 6.03 Å². The summed E-state index contributed by atoms with van der Waals surface area (Å²) in [4.78, 5) is 18.6. The molecule has 2 amide bonds. The van der Waals surface area contributed by atoms with Crippen molar-refractivity contribution in [3.8, 4) is 0 Å². The lowest BCUT2D eigenvalue weighted by Gasteiger charge is -2.28. The molecule has 0 saturated carbocycles. The molecule has 29 heavy (non-hydrogen) atoms. The number of nitrogens with one attached hydrogen (secondary N) is 1.